The van der Waals surface area contributed by atoms with E-state index < -0.39 is 11.8 Å². The molecule has 32 heavy (non-hydrogen) atoms. The largest absolute Gasteiger partial charge is 0.465 e. The Balaban J connectivity index is 1.47. The van der Waals surface area contributed by atoms with Gasteiger partial charge in [-0.15, -0.1) is 0 Å². The molecule has 1 aliphatic rings. The van der Waals surface area contributed by atoms with Gasteiger partial charge in [-0.25, -0.2) is 9.59 Å². The molecule has 0 bridgehead atoms. The third-order valence-electron chi connectivity index (χ3n) is 6.07. The number of benzene rings is 2. The lowest BCUT2D eigenvalue weighted by molar-refractivity contribution is 0.153. The molecule has 8 nitrogen and oxygen atoms in total. The van der Waals surface area contributed by atoms with Crippen molar-refractivity contribution in [2.75, 3.05) is 51.2 Å². The highest BCUT2D eigenvalue weighted by molar-refractivity contribution is 5.86. The molecule has 0 aliphatic carbocycles. The molecule has 1 N–H and O–H groups in total. The van der Waals surface area contributed by atoms with Gasteiger partial charge in [-0.2, -0.15) is 0 Å². The number of rotatable bonds is 7. The molecule has 170 valence electrons. The summed E-state index contributed by atoms with van der Waals surface area (Å²) in [5.41, 5.74) is 3.79. The van der Waals surface area contributed by atoms with E-state index in [-0.39, 0.29) is 0 Å². The summed E-state index contributed by atoms with van der Waals surface area (Å²) >= 11 is 0. The molecular weight excluding hydrogens is 408 g/mol. The predicted octanol–water partition coefficient (Wildman–Crippen LogP) is 3.07. The van der Waals surface area contributed by atoms with Gasteiger partial charge >= 0.3 is 11.8 Å². The molecule has 1 amide bonds. The molecule has 1 fully saturated rings. The van der Waals surface area contributed by atoms with Gasteiger partial charge in [0.25, 0.3) is 0 Å². The number of piperazine rings is 1. The lowest BCUT2D eigenvalue weighted by atomic mass is 10.1. The van der Waals surface area contributed by atoms with Crippen LogP contribution in [0.15, 0.2) is 51.7 Å². The lowest BCUT2D eigenvalue weighted by Crippen LogP contribution is -2.45. The number of oxazole rings is 1. The Morgan fingerprint density at radius 1 is 1.12 bits per heavy atom. The van der Waals surface area contributed by atoms with Crippen LogP contribution in [0.4, 0.5) is 10.5 Å². The summed E-state index contributed by atoms with van der Waals surface area (Å²) in [4.78, 5) is 30.4. The van der Waals surface area contributed by atoms with Crippen molar-refractivity contribution in [3.05, 3.63) is 64.1 Å². The number of carbonyl (C=O) groups is 1. The fourth-order valence-corrected chi connectivity index (χ4v) is 4.19. The van der Waals surface area contributed by atoms with E-state index in [1.54, 1.807) is 16.7 Å². The second-order valence-corrected chi connectivity index (χ2v) is 8.53. The average Bonchev–Trinajstić information content (AvgIpc) is 3.07. The fraction of sp³-hybridized carbons (Fsp3) is 0.417. The zero-order valence-electron chi connectivity index (χ0n) is 18.7. The van der Waals surface area contributed by atoms with Gasteiger partial charge in [0.1, 0.15) is 0 Å². The Hall–Kier alpha value is -3.10. The van der Waals surface area contributed by atoms with E-state index in [2.05, 4.69) is 16.8 Å². The average molecular weight is 439 g/mol. The SMILES string of the molecule is Cc1ccc2oc(=O)n(Cc3cccc(N(CCCN4CCN(C)CC4)C(=O)O)c3)c2c1. The molecule has 4 rings (SSSR count). The standard InChI is InChI=1S/C24H30N4O4/c1-18-7-8-22-21(15-18)28(24(31)32-22)17-19-5-3-6-20(16-19)27(23(29)30)10-4-9-26-13-11-25(2)12-14-26/h3,5-8,15-16H,4,9-14,17H2,1-2H3,(H,29,30). The van der Waals surface area contributed by atoms with E-state index in [4.69, 9.17) is 4.42 Å². The number of aryl methyl sites for hydroxylation is 1. The monoisotopic (exact) mass is 438 g/mol. The topological polar surface area (TPSA) is 82.2 Å². The van der Waals surface area contributed by atoms with Gasteiger partial charge in [-0.3, -0.25) is 9.47 Å². The molecule has 0 atom stereocenters. The Labute approximate surface area is 187 Å². The number of hydrogen-bond acceptors (Lipinski definition) is 5. The van der Waals surface area contributed by atoms with Crippen LogP contribution in [0.25, 0.3) is 11.1 Å². The zero-order valence-corrected chi connectivity index (χ0v) is 18.7. The highest BCUT2D eigenvalue weighted by Gasteiger charge is 2.18. The lowest BCUT2D eigenvalue weighted by Gasteiger charge is -2.32. The molecular formula is C24H30N4O4. The van der Waals surface area contributed by atoms with Crippen LogP contribution in [0, 0.1) is 6.92 Å². The van der Waals surface area contributed by atoms with Gasteiger partial charge in [0, 0.05) is 38.4 Å². The van der Waals surface area contributed by atoms with E-state index in [0.29, 0.717) is 24.4 Å². The van der Waals surface area contributed by atoms with Crippen LogP contribution in [0.1, 0.15) is 17.5 Å². The molecule has 0 spiro atoms. The number of carboxylic acid groups (broad SMARTS) is 1. The van der Waals surface area contributed by atoms with Gasteiger partial charge in [0.2, 0.25) is 0 Å². The molecule has 1 aliphatic heterocycles. The van der Waals surface area contributed by atoms with Crippen LogP contribution < -0.4 is 10.7 Å². The summed E-state index contributed by atoms with van der Waals surface area (Å²) in [6.45, 7) is 7.73. The van der Waals surface area contributed by atoms with Gasteiger partial charge in [0.15, 0.2) is 5.58 Å². The Kier molecular flexibility index (Phi) is 6.62. The fourth-order valence-electron chi connectivity index (χ4n) is 4.19. The van der Waals surface area contributed by atoms with Crippen molar-refractivity contribution >= 4 is 22.9 Å². The van der Waals surface area contributed by atoms with Crippen molar-refractivity contribution in [1.29, 1.82) is 0 Å². The first-order valence-corrected chi connectivity index (χ1v) is 11.0. The van der Waals surface area contributed by atoms with Gasteiger partial charge in [-0.1, -0.05) is 18.2 Å². The summed E-state index contributed by atoms with van der Waals surface area (Å²) in [7, 11) is 2.12. The first-order valence-electron chi connectivity index (χ1n) is 11.0. The highest BCUT2D eigenvalue weighted by atomic mass is 16.4. The molecule has 1 saturated heterocycles. The summed E-state index contributed by atoms with van der Waals surface area (Å²) < 4.78 is 6.94. The Morgan fingerprint density at radius 3 is 2.66 bits per heavy atom. The third kappa shape index (κ3) is 5.03. The first kappa shape index (κ1) is 22.1. The van der Waals surface area contributed by atoms with Crippen LogP contribution in [-0.2, 0) is 6.54 Å². The van der Waals surface area contributed by atoms with Crippen molar-refractivity contribution in [2.24, 2.45) is 0 Å². The second kappa shape index (κ2) is 9.58. The maximum absolute atomic E-state index is 12.4. The molecule has 3 aromatic rings. The van der Waals surface area contributed by atoms with E-state index in [1.807, 2.05) is 37.3 Å². The van der Waals surface area contributed by atoms with E-state index >= 15 is 0 Å². The summed E-state index contributed by atoms with van der Waals surface area (Å²) in [5, 5.41) is 9.80. The van der Waals surface area contributed by atoms with Crippen molar-refractivity contribution in [3.8, 4) is 0 Å². The highest BCUT2D eigenvalue weighted by Crippen LogP contribution is 2.20. The minimum absolute atomic E-state index is 0.317. The van der Waals surface area contributed by atoms with Crippen LogP contribution >= 0.6 is 0 Å². The maximum Gasteiger partial charge on any atom is 0.420 e. The number of fused-ring (bicyclic) bond motifs is 1. The minimum atomic E-state index is -0.970. The number of nitrogens with zero attached hydrogens (tertiary/aromatic N) is 4. The first-order chi connectivity index (χ1) is 15.4. The van der Waals surface area contributed by atoms with E-state index in [9.17, 15) is 14.7 Å². The van der Waals surface area contributed by atoms with Crippen LogP contribution in [0.2, 0.25) is 0 Å². The predicted molar refractivity (Wildman–Crippen MR) is 125 cm³/mol. The summed E-state index contributed by atoms with van der Waals surface area (Å²) in [6, 6.07) is 13.0. The van der Waals surface area contributed by atoms with Crippen LogP contribution in [-0.4, -0.2) is 71.9 Å². The maximum atomic E-state index is 12.4. The van der Waals surface area contributed by atoms with Crippen molar-refractivity contribution in [1.82, 2.24) is 14.4 Å². The van der Waals surface area contributed by atoms with Gasteiger partial charge in [-0.05, 0) is 62.3 Å². The summed E-state index contributed by atoms with van der Waals surface area (Å²) in [6.07, 6.45) is -0.201. The molecule has 1 aromatic heterocycles. The smallest absolute Gasteiger partial charge is 0.420 e. The number of hydrogen-bond donors (Lipinski definition) is 1. The zero-order chi connectivity index (χ0) is 22.7. The molecule has 0 saturated carbocycles. The number of likely N-dealkylation sites (N-methyl/N-ethyl adjacent to an activating group) is 1. The quantitative estimate of drug-likeness (QED) is 0.611. The van der Waals surface area contributed by atoms with Gasteiger partial charge < -0.3 is 19.3 Å². The van der Waals surface area contributed by atoms with E-state index in [0.717, 1.165) is 55.8 Å². The van der Waals surface area contributed by atoms with Crippen LogP contribution in [0.5, 0.6) is 0 Å². The molecule has 0 radical (unpaired) electrons. The van der Waals surface area contributed by atoms with Crippen molar-refractivity contribution in [3.63, 3.8) is 0 Å². The second-order valence-electron chi connectivity index (χ2n) is 8.53. The molecule has 8 heteroatoms. The van der Waals surface area contributed by atoms with Crippen molar-refractivity contribution in [2.45, 2.75) is 19.9 Å². The third-order valence-corrected chi connectivity index (χ3v) is 6.07. The van der Waals surface area contributed by atoms with Gasteiger partial charge in [0.05, 0.1) is 12.1 Å². The number of anilines is 1. The molecule has 2 aromatic carbocycles. The Bertz CT molecular complexity index is 1140. The number of amides is 1. The molecule has 0 unspecified atom stereocenters. The van der Waals surface area contributed by atoms with Crippen LogP contribution in [0.3, 0.4) is 0 Å². The van der Waals surface area contributed by atoms with E-state index in [1.165, 1.54) is 4.90 Å². The Morgan fingerprint density at radius 2 is 1.91 bits per heavy atom. The molecule has 2 heterocycles. The van der Waals surface area contributed by atoms with Crippen molar-refractivity contribution < 1.29 is 14.3 Å². The summed E-state index contributed by atoms with van der Waals surface area (Å²) in [5.74, 6) is -0.418. The number of aromatic nitrogens is 1. The minimum Gasteiger partial charge on any atom is -0.465 e. The normalized spacial score (nSPS) is 15.3.